The topological polar surface area (TPSA) is 58.6 Å². The van der Waals surface area contributed by atoms with Gasteiger partial charge in [-0.1, -0.05) is 37.3 Å². The Hall–Kier alpha value is -2.82. The molecule has 5 heteroatoms. The lowest BCUT2D eigenvalue weighted by Crippen LogP contribution is -2.50. The van der Waals surface area contributed by atoms with Crippen LogP contribution in [0.15, 0.2) is 42.5 Å². The van der Waals surface area contributed by atoms with Crippen LogP contribution in [0.25, 0.3) is 0 Å². The van der Waals surface area contributed by atoms with Crippen LogP contribution in [-0.4, -0.2) is 35.4 Å². The van der Waals surface area contributed by atoms with Gasteiger partial charge in [-0.3, -0.25) is 9.59 Å². The Labute approximate surface area is 180 Å². The van der Waals surface area contributed by atoms with Crippen LogP contribution in [0, 0.1) is 20.8 Å². The molecule has 2 atom stereocenters. The van der Waals surface area contributed by atoms with Gasteiger partial charge in [0.15, 0.2) is 6.61 Å². The van der Waals surface area contributed by atoms with Crippen molar-refractivity contribution in [2.75, 3.05) is 6.61 Å². The van der Waals surface area contributed by atoms with Crippen LogP contribution >= 0.6 is 0 Å². The molecule has 2 rings (SSSR count). The number of hydrogen-bond acceptors (Lipinski definition) is 3. The summed E-state index contributed by atoms with van der Waals surface area (Å²) < 4.78 is 5.76. The van der Waals surface area contributed by atoms with Crippen LogP contribution in [0.5, 0.6) is 5.75 Å². The van der Waals surface area contributed by atoms with Gasteiger partial charge < -0.3 is 15.0 Å². The van der Waals surface area contributed by atoms with Crippen LogP contribution < -0.4 is 10.1 Å². The van der Waals surface area contributed by atoms with Crippen LogP contribution in [0.4, 0.5) is 0 Å². The summed E-state index contributed by atoms with van der Waals surface area (Å²) in [6.45, 7) is 12.0. The zero-order chi connectivity index (χ0) is 22.3. The lowest BCUT2D eigenvalue weighted by Gasteiger charge is -2.30. The largest absolute Gasteiger partial charge is 0.484 e. The minimum Gasteiger partial charge on any atom is -0.484 e. The smallest absolute Gasteiger partial charge is 0.261 e. The van der Waals surface area contributed by atoms with E-state index >= 15 is 0 Å². The first-order valence-corrected chi connectivity index (χ1v) is 10.6. The molecule has 0 unspecified atom stereocenters. The molecule has 1 N–H and O–H groups in total. The van der Waals surface area contributed by atoms with E-state index in [0.29, 0.717) is 12.3 Å². The molecule has 2 aromatic carbocycles. The maximum atomic E-state index is 13.1. The second-order valence-corrected chi connectivity index (χ2v) is 7.98. The fourth-order valence-corrected chi connectivity index (χ4v) is 3.05. The number of aryl methyl sites for hydroxylation is 3. The Balaban J connectivity index is 2.18. The van der Waals surface area contributed by atoms with E-state index in [1.54, 1.807) is 11.8 Å². The molecule has 162 valence electrons. The third kappa shape index (κ3) is 6.34. The molecule has 0 saturated carbocycles. The van der Waals surface area contributed by atoms with E-state index in [4.69, 9.17) is 4.74 Å². The highest BCUT2D eigenvalue weighted by Crippen LogP contribution is 2.18. The molecular weight excluding hydrogens is 376 g/mol. The summed E-state index contributed by atoms with van der Waals surface area (Å²) in [5, 5.41) is 2.98. The minimum absolute atomic E-state index is 0.0575. The highest BCUT2D eigenvalue weighted by molar-refractivity contribution is 5.88. The first-order chi connectivity index (χ1) is 14.2. The van der Waals surface area contributed by atoms with E-state index in [9.17, 15) is 9.59 Å². The predicted molar refractivity (Wildman–Crippen MR) is 120 cm³/mol. The van der Waals surface area contributed by atoms with Crippen molar-refractivity contribution in [3.05, 3.63) is 64.7 Å². The van der Waals surface area contributed by atoms with Crippen molar-refractivity contribution in [1.82, 2.24) is 10.2 Å². The molecule has 0 fully saturated rings. The van der Waals surface area contributed by atoms with Crippen molar-refractivity contribution < 1.29 is 14.3 Å². The van der Waals surface area contributed by atoms with E-state index in [0.717, 1.165) is 23.1 Å². The van der Waals surface area contributed by atoms with Crippen molar-refractivity contribution in [3.63, 3.8) is 0 Å². The summed E-state index contributed by atoms with van der Waals surface area (Å²) in [5.74, 6) is 0.278. The van der Waals surface area contributed by atoms with E-state index in [-0.39, 0.29) is 24.5 Å². The Morgan fingerprint density at radius 3 is 2.33 bits per heavy atom. The fourth-order valence-electron chi connectivity index (χ4n) is 3.05. The van der Waals surface area contributed by atoms with Gasteiger partial charge in [-0.25, -0.2) is 0 Å². The SMILES string of the molecule is CC[C@H](C)NC(=O)[C@@H](C)N(Cc1ccccc1C)C(=O)COc1ccc(C)c(C)c1. The predicted octanol–water partition coefficient (Wildman–Crippen LogP) is 4.32. The van der Waals surface area contributed by atoms with Gasteiger partial charge >= 0.3 is 0 Å². The van der Waals surface area contributed by atoms with Crippen molar-refractivity contribution in [2.24, 2.45) is 0 Å². The molecule has 0 radical (unpaired) electrons. The second kappa shape index (κ2) is 10.8. The third-order valence-corrected chi connectivity index (χ3v) is 5.61. The number of ether oxygens (including phenoxy) is 1. The number of nitrogens with zero attached hydrogens (tertiary/aromatic N) is 1. The first-order valence-electron chi connectivity index (χ1n) is 10.6. The Bertz CT molecular complexity index is 878. The van der Waals surface area contributed by atoms with Gasteiger partial charge in [0, 0.05) is 12.6 Å². The monoisotopic (exact) mass is 410 g/mol. The normalized spacial score (nSPS) is 12.7. The van der Waals surface area contributed by atoms with Gasteiger partial charge in [0.25, 0.3) is 5.91 Å². The number of nitrogens with one attached hydrogen (secondary N) is 1. The molecule has 0 aliphatic carbocycles. The molecular formula is C25H34N2O3. The molecule has 0 aromatic heterocycles. The zero-order valence-electron chi connectivity index (χ0n) is 19.0. The molecule has 0 spiro atoms. The van der Waals surface area contributed by atoms with Crippen LogP contribution in [0.2, 0.25) is 0 Å². The minimum atomic E-state index is -0.602. The summed E-state index contributed by atoms with van der Waals surface area (Å²) in [4.78, 5) is 27.4. The Morgan fingerprint density at radius 2 is 1.70 bits per heavy atom. The van der Waals surface area contributed by atoms with E-state index in [1.807, 2.05) is 77.1 Å². The summed E-state index contributed by atoms with van der Waals surface area (Å²) in [7, 11) is 0. The number of benzene rings is 2. The number of carbonyl (C=O) groups is 2. The van der Waals surface area contributed by atoms with Gasteiger partial charge in [0.05, 0.1) is 0 Å². The molecule has 2 amide bonds. The number of carbonyl (C=O) groups excluding carboxylic acids is 2. The Morgan fingerprint density at radius 1 is 1.00 bits per heavy atom. The van der Waals surface area contributed by atoms with Crippen molar-refractivity contribution in [1.29, 1.82) is 0 Å². The van der Waals surface area contributed by atoms with Crippen LogP contribution in [0.3, 0.4) is 0 Å². The lowest BCUT2D eigenvalue weighted by molar-refractivity contribution is -0.142. The molecule has 0 heterocycles. The summed E-state index contributed by atoms with van der Waals surface area (Å²) >= 11 is 0. The summed E-state index contributed by atoms with van der Waals surface area (Å²) in [6.07, 6.45) is 0.833. The maximum absolute atomic E-state index is 13.1. The van der Waals surface area contributed by atoms with E-state index < -0.39 is 6.04 Å². The first kappa shape index (κ1) is 23.5. The summed E-state index contributed by atoms with van der Waals surface area (Å²) in [5.41, 5.74) is 4.38. The van der Waals surface area contributed by atoms with Gasteiger partial charge in [-0.15, -0.1) is 0 Å². The van der Waals surface area contributed by atoms with Crippen molar-refractivity contribution in [3.8, 4) is 5.75 Å². The van der Waals surface area contributed by atoms with Crippen LogP contribution in [0.1, 0.15) is 49.4 Å². The average molecular weight is 411 g/mol. The molecule has 0 aliphatic rings. The molecule has 0 aliphatic heterocycles. The van der Waals surface area contributed by atoms with E-state index in [1.165, 1.54) is 5.56 Å². The number of rotatable bonds is 9. The molecule has 5 nitrogen and oxygen atoms in total. The molecule has 30 heavy (non-hydrogen) atoms. The van der Waals surface area contributed by atoms with Gasteiger partial charge in [-0.2, -0.15) is 0 Å². The highest BCUT2D eigenvalue weighted by atomic mass is 16.5. The van der Waals surface area contributed by atoms with Gasteiger partial charge in [0.1, 0.15) is 11.8 Å². The quantitative estimate of drug-likeness (QED) is 0.670. The highest BCUT2D eigenvalue weighted by Gasteiger charge is 2.27. The van der Waals surface area contributed by atoms with Crippen molar-refractivity contribution in [2.45, 2.75) is 66.6 Å². The van der Waals surface area contributed by atoms with Gasteiger partial charge in [0.2, 0.25) is 5.91 Å². The second-order valence-electron chi connectivity index (χ2n) is 7.98. The van der Waals surface area contributed by atoms with Gasteiger partial charge in [-0.05, 0) is 75.4 Å². The maximum Gasteiger partial charge on any atom is 0.261 e. The number of hydrogen-bond donors (Lipinski definition) is 1. The fraction of sp³-hybridized carbons (Fsp3) is 0.440. The number of amides is 2. The van der Waals surface area contributed by atoms with Crippen molar-refractivity contribution >= 4 is 11.8 Å². The van der Waals surface area contributed by atoms with E-state index in [2.05, 4.69) is 5.32 Å². The molecule has 0 saturated heterocycles. The zero-order valence-corrected chi connectivity index (χ0v) is 19.0. The average Bonchev–Trinajstić information content (AvgIpc) is 2.73. The lowest BCUT2D eigenvalue weighted by atomic mass is 10.1. The molecule has 0 bridgehead atoms. The Kier molecular flexibility index (Phi) is 8.46. The third-order valence-electron chi connectivity index (χ3n) is 5.61. The molecule has 2 aromatic rings. The summed E-state index contributed by atoms with van der Waals surface area (Å²) in [6, 6.07) is 13.1. The van der Waals surface area contributed by atoms with Crippen LogP contribution in [-0.2, 0) is 16.1 Å². The standard InChI is InChI=1S/C25H34N2O3/c1-7-20(5)26-25(29)21(6)27(15-22-11-9-8-10-18(22)3)24(28)16-30-23-13-12-17(2)19(4)14-23/h8-14,20-21H,7,15-16H2,1-6H3,(H,26,29)/t20-,21+/m0/s1.